The number of phenols is 1. The molecule has 7 heteroatoms. The van der Waals surface area contributed by atoms with E-state index in [4.69, 9.17) is 4.74 Å². The summed E-state index contributed by atoms with van der Waals surface area (Å²) >= 11 is 0. The molecule has 0 unspecified atom stereocenters. The number of rotatable bonds is 7. The molecule has 0 fully saturated rings. The number of anilines is 1. The van der Waals surface area contributed by atoms with Crippen LogP contribution in [0.4, 0.5) is 5.69 Å². The lowest BCUT2D eigenvalue weighted by atomic mass is 10.1. The molecule has 26 heavy (non-hydrogen) atoms. The molecule has 136 valence electrons. The van der Waals surface area contributed by atoms with Crippen molar-refractivity contribution in [2.75, 3.05) is 12.4 Å². The number of hydrogen-bond acceptors (Lipinski definition) is 5. The number of amides is 2. The van der Waals surface area contributed by atoms with Crippen LogP contribution >= 0.6 is 0 Å². The van der Waals surface area contributed by atoms with Gasteiger partial charge in [0.1, 0.15) is 6.42 Å². The molecule has 2 rings (SSSR count). The Balaban J connectivity index is 1.87. The van der Waals surface area contributed by atoms with Gasteiger partial charge in [0.2, 0.25) is 11.8 Å². The number of carbonyl (C=O) groups excluding carboxylic acids is 2. The van der Waals surface area contributed by atoms with Gasteiger partial charge >= 0.3 is 0 Å². The number of nitrogens with one attached hydrogen (secondary N) is 2. The Morgan fingerprint density at radius 3 is 2.69 bits per heavy atom. The number of aryl methyl sites for hydroxylation is 1. The van der Waals surface area contributed by atoms with E-state index in [1.807, 2.05) is 25.1 Å². The molecule has 0 saturated carbocycles. The molecule has 0 bridgehead atoms. The average Bonchev–Trinajstić information content (AvgIpc) is 2.63. The first kappa shape index (κ1) is 19.0. The smallest absolute Gasteiger partial charge is 0.249 e. The maximum absolute atomic E-state index is 12.0. The Morgan fingerprint density at radius 1 is 1.19 bits per heavy atom. The minimum absolute atomic E-state index is 0.0118. The second-order valence-electron chi connectivity index (χ2n) is 5.46. The lowest BCUT2D eigenvalue weighted by Crippen LogP contribution is -2.25. The molecule has 0 saturated heterocycles. The molecule has 7 nitrogen and oxygen atoms in total. The topological polar surface area (TPSA) is 100 Å². The molecule has 0 aliphatic rings. The van der Waals surface area contributed by atoms with Crippen molar-refractivity contribution >= 4 is 23.7 Å². The van der Waals surface area contributed by atoms with Gasteiger partial charge in [-0.25, -0.2) is 5.43 Å². The molecule has 2 amide bonds. The van der Waals surface area contributed by atoms with E-state index < -0.39 is 11.8 Å². The van der Waals surface area contributed by atoms with Crippen molar-refractivity contribution in [3.05, 3.63) is 53.6 Å². The summed E-state index contributed by atoms with van der Waals surface area (Å²) in [5.74, 6) is -0.629. The Bertz CT molecular complexity index is 818. The van der Waals surface area contributed by atoms with Crippen LogP contribution in [0.25, 0.3) is 0 Å². The molecule has 0 spiro atoms. The van der Waals surface area contributed by atoms with Crippen molar-refractivity contribution in [1.82, 2.24) is 5.43 Å². The number of hydrogen-bond donors (Lipinski definition) is 3. The van der Waals surface area contributed by atoms with Crippen molar-refractivity contribution in [2.45, 2.75) is 19.8 Å². The Morgan fingerprint density at radius 2 is 1.96 bits per heavy atom. The van der Waals surface area contributed by atoms with Gasteiger partial charge in [-0.2, -0.15) is 5.10 Å². The zero-order valence-corrected chi connectivity index (χ0v) is 14.7. The van der Waals surface area contributed by atoms with Crippen LogP contribution in [0.1, 0.15) is 24.5 Å². The molecular weight excluding hydrogens is 334 g/mol. The summed E-state index contributed by atoms with van der Waals surface area (Å²) in [4.78, 5) is 23.8. The highest BCUT2D eigenvalue weighted by atomic mass is 16.5. The second kappa shape index (κ2) is 9.22. The summed E-state index contributed by atoms with van der Waals surface area (Å²) in [7, 11) is 1.44. The van der Waals surface area contributed by atoms with Crippen LogP contribution in [0.2, 0.25) is 0 Å². The van der Waals surface area contributed by atoms with Gasteiger partial charge in [0.15, 0.2) is 11.5 Å². The summed E-state index contributed by atoms with van der Waals surface area (Å²) in [5, 5.41) is 16.0. The van der Waals surface area contributed by atoms with E-state index in [0.29, 0.717) is 17.0 Å². The van der Waals surface area contributed by atoms with Gasteiger partial charge in [-0.05, 0) is 41.8 Å². The average molecular weight is 355 g/mol. The van der Waals surface area contributed by atoms with Gasteiger partial charge in [-0.15, -0.1) is 0 Å². The predicted octanol–water partition coefficient (Wildman–Crippen LogP) is 2.44. The highest BCUT2D eigenvalue weighted by Gasteiger charge is 2.10. The molecule has 0 aliphatic carbocycles. The van der Waals surface area contributed by atoms with Crippen LogP contribution in [-0.4, -0.2) is 30.2 Å². The zero-order chi connectivity index (χ0) is 18.9. The van der Waals surface area contributed by atoms with Crippen molar-refractivity contribution in [1.29, 1.82) is 0 Å². The maximum Gasteiger partial charge on any atom is 0.249 e. The third kappa shape index (κ3) is 5.34. The maximum atomic E-state index is 12.0. The van der Waals surface area contributed by atoms with E-state index in [1.165, 1.54) is 19.4 Å². The normalized spacial score (nSPS) is 10.5. The molecule has 2 aromatic rings. The highest BCUT2D eigenvalue weighted by molar-refractivity contribution is 6.04. The fourth-order valence-corrected chi connectivity index (χ4v) is 2.28. The van der Waals surface area contributed by atoms with Gasteiger partial charge in [-0.1, -0.05) is 25.1 Å². The molecule has 0 heterocycles. The fourth-order valence-electron chi connectivity index (χ4n) is 2.28. The van der Waals surface area contributed by atoms with E-state index >= 15 is 0 Å². The summed E-state index contributed by atoms with van der Waals surface area (Å²) in [5.41, 5.74) is 4.62. The SMILES string of the molecule is CCc1ccccc1NC(=O)CC(=O)N/N=C/c1ccc(O)c(OC)c1. The molecule has 0 aliphatic heterocycles. The third-order valence-electron chi connectivity index (χ3n) is 3.60. The number of carbonyl (C=O) groups is 2. The lowest BCUT2D eigenvalue weighted by molar-refractivity contribution is -0.126. The van der Waals surface area contributed by atoms with Crippen molar-refractivity contribution in [2.24, 2.45) is 5.10 Å². The number of hydrazone groups is 1. The van der Waals surface area contributed by atoms with Gasteiger partial charge in [0.25, 0.3) is 0 Å². The Labute approximate surface area is 151 Å². The first-order valence-corrected chi connectivity index (χ1v) is 8.10. The predicted molar refractivity (Wildman–Crippen MR) is 99.5 cm³/mol. The van der Waals surface area contributed by atoms with Crippen molar-refractivity contribution in [3.63, 3.8) is 0 Å². The minimum Gasteiger partial charge on any atom is -0.504 e. The molecular formula is C19H21N3O4. The largest absolute Gasteiger partial charge is 0.504 e. The van der Waals surface area contributed by atoms with Crippen molar-refractivity contribution < 1.29 is 19.4 Å². The zero-order valence-electron chi connectivity index (χ0n) is 14.7. The summed E-state index contributed by atoms with van der Waals surface area (Å²) in [6.45, 7) is 1.99. The number of methoxy groups -OCH3 is 1. The number of aromatic hydroxyl groups is 1. The summed E-state index contributed by atoms with van der Waals surface area (Å²) in [6, 6.07) is 12.1. The first-order valence-electron chi connectivity index (χ1n) is 8.10. The summed E-state index contributed by atoms with van der Waals surface area (Å²) < 4.78 is 4.99. The van der Waals surface area contributed by atoms with E-state index in [1.54, 1.807) is 18.2 Å². The van der Waals surface area contributed by atoms with Crippen LogP contribution in [0.3, 0.4) is 0 Å². The van der Waals surface area contributed by atoms with Gasteiger partial charge < -0.3 is 15.2 Å². The van der Waals surface area contributed by atoms with Crippen LogP contribution in [0.5, 0.6) is 11.5 Å². The Kier molecular flexibility index (Phi) is 6.73. The van der Waals surface area contributed by atoms with Crippen molar-refractivity contribution in [3.8, 4) is 11.5 Å². The molecule has 3 N–H and O–H groups in total. The van der Waals surface area contributed by atoms with Crippen LogP contribution in [-0.2, 0) is 16.0 Å². The number of nitrogens with zero attached hydrogens (tertiary/aromatic N) is 1. The number of para-hydroxylation sites is 1. The number of ether oxygens (including phenoxy) is 1. The number of benzene rings is 2. The van der Waals surface area contributed by atoms with Crippen LogP contribution in [0, 0.1) is 0 Å². The van der Waals surface area contributed by atoms with Gasteiger partial charge in [-0.3, -0.25) is 9.59 Å². The van der Waals surface area contributed by atoms with E-state index in [9.17, 15) is 14.7 Å². The highest BCUT2D eigenvalue weighted by Crippen LogP contribution is 2.25. The third-order valence-corrected chi connectivity index (χ3v) is 3.60. The van der Waals surface area contributed by atoms with Crippen LogP contribution in [0.15, 0.2) is 47.6 Å². The quantitative estimate of drug-likeness (QED) is 0.403. The first-order chi connectivity index (χ1) is 12.5. The lowest BCUT2D eigenvalue weighted by Gasteiger charge is -2.09. The van der Waals surface area contributed by atoms with E-state index in [2.05, 4.69) is 15.8 Å². The standard InChI is InChI=1S/C19H21N3O4/c1-3-14-6-4-5-7-15(14)21-18(24)11-19(25)22-20-12-13-8-9-16(23)17(10-13)26-2/h4-10,12,23H,3,11H2,1-2H3,(H,21,24)(H,22,25)/b20-12+. The minimum atomic E-state index is -0.529. The van der Waals surface area contributed by atoms with E-state index in [-0.39, 0.29) is 12.2 Å². The molecule has 0 atom stereocenters. The fraction of sp³-hybridized carbons (Fsp3) is 0.211. The van der Waals surface area contributed by atoms with E-state index in [0.717, 1.165) is 12.0 Å². The number of phenolic OH excluding ortho intramolecular Hbond substituents is 1. The molecule has 0 aromatic heterocycles. The Hall–Kier alpha value is -3.35. The van der Waals surface area contributed by atoms with Gasteiger partial charge in [0.05, 0.1) is 13.3 Å². The molecule has 0 radical (unpaired) electrons. The second-order valence-corrected chi connectivity index (χ2v) is 5.46. The van der Waals surface area contributed by atoms with Gasteiger partial charge in [0, 0.05) is 5.69 Å². The van der Waals surface area contributed by atoms with Crippen LogP contribution < -0.4 is 15.5 Å². The monoisotopic (exact) mass is 355 g/mol. The molecule has 2 aromatic carbocycles. The summed E-state index contributed by atoms with van der Waals surface area (Å²) in [6.07, 6.45) is 1.83.